The van der Waals surface area contributed by atoms with Gasteiger partial charge in [0.2, 0.25) is 0 Å². The number of nitrogens with one attached hydrogen (secondary N) is 2. The highest BCUT2D eigenvalue weighted by atomic mass is 32.1. The molecule has 1 fully saturated rings. The number of fused-ring (bicyclic) bond motifs is 1. The zero-order valence-corrected chi connectivity index (χ0v) is 12.9. The largest absolute Gasteiger partial charge is 0.367 e. The fourth-order valence-electron chi connectivity index (χ4n) is 3.43. The monoisotopic (exact) mass is 293 g/mol. The van der Waals surface area contributed by atoms with Crippen LogP contribution < -0.4 is 5.32 Å². The summed E-state index contributed by atoms with van der Waals surface area (Å²) in [6.45, 7) is 4.62. The van der Waals surface area contributed by atoms with Crippen molar-refractivity contribution in [3.8, 4) is 0 Å². The van der Waals surface area contributed by atoms with Crippen LogP contribution in [0, 0.1) is 4.64 Å². The van der Waals surface area contributed by atoms with E-state index in [1.54, 1.807) is 0 Å². The van der Waals surface area contributed by atoms with E-state index in [1.807, 2.05) is 0 Å². The van der Waals surface area contributed by atoms with Crippen molar-refractivity contribution >= 4 is 12.2 Å². The van der Waals surface area contributed by atoms with Crippen LogP contribution in [0.25, 0.3) is 0 Å². The van der Waals surface area contributed by atoms with E-state index in [4.69, 9.17) is 21.9 Å². The highest BCUT2D eigenvalue weighted by Crippen LogP contribution is 2.39. The van der Waals surface area contributed by atoms with Crippen LogP contribution in [0.3, 0.4) is 0 Å². The molecule has 0 atom stereocenters. The Morgan fingerprint density at radius 2 is 2.10 bits per heavy atom. The third-order valence-electron chi connectivity index (χ3n) is 4.47. The highest BCUT2D eigenvalue weighted by molar-refractivity contribution is 7.71. The summed E-state index contributed by atoms with van der Waals surface area (Å²) in [5, 5.41) is 3.36. The van der Waals surface area contributed by atoms with Crippen LogP contribution in [0.15, 0.2) is 0 Å². The van der Waals surface area contributed by atoms with Gasteiger partial charge in [0.1, 0.15) is 16.1 Å². The Kier molecular flexibility index (Phi) is 4.19. The number of aromatic nitrogens is 2. The third-order valence-corrected chi connectivity index (χ3v) is 4.81. The molecule has 1 aromatic rings. The standard InChI is InChI=1S/C15H23N3OS/c1-2-19-15(7-4-3-5-8-15)14-17-12-6-9-16-10-11(12)13(20)18-14/h16H,2-10H2,1H3,(H,17,18,20). The smallest absolute Gasteiger partial charge is 0.140 e. The predicted octanol–water partition coefficient (Wildman–Crippen LogP) is 2.98. The van der Waals surface area contributed by atoms with Crippen LogP contribution in [0.5, 0.6) is 0 Å². The minimum absolute atomic E-state index is 0.236. The first-order valence-electron chi connectivity index (χ1n) is 7.72. The van der Waals surface area contributed by atoms with E-state index < -0.39 is 0 Å². The first-order valence-corrected chi connectivity index (χ1v) is 8.13. The number of rotatable bonds is 3. The maximum atomic E-state index is 6.15. The van der Waals surface area contributed by atoms with Crippen molar-refractivity contribution in [3.63, 3.8) is 0 Å². The van der Waals surface area contributed by atoms with Crippen molar-refractivity contribution in [1.82, 2.24) is 15.3 Å². The van der Waals surface area contributed by atoms with Gasteiger partial charge >= 0.3 is 0 Å². The molecule has 1 aliphatic heterocycles. The molecule has 0 saturated heterocycles. The zero-order chi connectivity index (χ0) is 14.0. The lowest BCUT2D eigenvalue weighted by molar-refractivity contribution is -0.0769. The van der Waals surface area contributed by atoms with Crippen molar-refractivity contribution < 1.29 is 4.74 Å². The Labute approximate surface area is 125 Å². The molecule has 4 nitrogen and oxygen atoms in total. The summed E-state index contributed by atoms with van der Waals surface area (Å²) < 4.78 is 6.89. The summed E-state index contributed by atoms with van der Waals surface area (Å²) in [5.41, 5.74) is 2.18. The van der Waals surface area contributed by atoms with E-state index in [1.165, 1.54) is 25.0 Å². The number of aromatic amines is 1. The number of hydrogen-bond donors (Lipinski definition) is 2. The second-order valence-electron chi connectivity index (χ2n) is 5.76. The van der Waals surface area contributed by atoms with Gasteiger partial charge in [-0.25, -0.2) is 4.98 Å². The van der Waals surface area contributed by atoms with Crippen molar-refractivity contribution in [2.24, 2.45) is 0 Å². The normalized spacial score (nSPS) is 21.4. The molecule has 0 amide bonds. The summed E-state index contributed by atoms with van der Waals surface area (Å²) in [6, 6.07) is 0. The second kappa shape index (κ2) is 5.92. The Hall–Kier alpha value is -0.780. The molecule has 1 aromatic heterocycles. The molecular formula is C15H23N3OS. The molecule has 20 heavy (non-hydrogen) atoms. The Bertz CT molecular complexity index is 529. The van der Waals surface area contributed by atoms with Crippen molar-refractivity contribution in [2.45, 2.75) is 57.6 Å². The van der Waals surface area contributed by atoms with Gasteiger partial charge in [-0.2, -0.15) is 0 Å². The zero-order valence-electron chi connectivity index (χ0n) is 12.1. The second-order valence-corrected chi connectivity index (χ2v) is 6.15. The lowest BCUT2D eigenvalue weighted by Gasteiger charge is -2.36. The number of nitrogens with zero attached hydrogens (tertiary/aromatic N) is 1. The van der Waals surface area contributed by atoms with Crippen LogP contribution in [-0.2, 0) is 23.3 Å². The quantitative estimate of drug-likeness (QED) is 0.841. The summed E-state index contributed by atoms with van der Waals surface area (Å²) >= 11 is 5.50. The molecule has 2 heterocycles. The lowest BCUT2D eigenvalue weighted by atomic mass is 9.83. The topological polar surface area (TPSA) is 49.9 Å². The lowest BCUT2D eigenvalue weighted by Crippen LogP contribution is -2.36. The Balaban J connectivity index is 2.03. The van der Waals surface area contributed by atoms with Crippen molar-refractivity contribution in [2.75, 3.05) is 13.2 Å². The number of H-pyrrole nitrogens is 1. The van der Waals surface area contributed by atoms with Gasteiger partial charge in [0.15, 0.2) is 0 Å². The molecule has 5 heteroatoms. The van der Waals surface area contributed by atoms with Gasteiger partial charge in [-0.3, -0.25) is 0 Å². The van der Waals surface area contributed by atoms with E-state index in [0.717, 1.165) is 55.0 Å². The summed E-state index contributed by atoms with van der Waals surface area (Å²) in [4.78, 5) is 8.25. The van der Waals surface area contributed by atoms with Gasteiger partial charge in [0.25, 0.3) is 0 Å². The van der Waals surface area contributed by atoms with Crippen molar-refractivity contribution in [3.05, 3.63) is 21.7 Å². The van der Waals surface area contributed by atoms with Crippen LogP contribution in [-0.4, -0.2) is 23.1 Å². The Morgan fingerprint density at radius 1 is 1.30 bits per heavy atom. The number of hydrogen-bond acceptors (Lipinski definition) is 4. The van der Waals surface area contributed by atoms with E-state index in [0.29, 0.717) is 0 Å². The van der Waals surface area contributed by atoms with Gasteiger partial charge in [0.05, 0.1) is 0 Å². The fraction of sp³-hybridized carbons (Fsp3) is 0.733. The molecule has 0 radical (unpaired) electrons. The summed E-state index contributed by atoms with van der Waals surface area (Å²) in [7, 11) is 0. The average molecular weight is 293 g/mol. The highest BCUT2D eigenvalue weighted by Gasteiger charge is 2.37. The predicted molar refractivity (Wildman–Crippen MR) is 81.2 cm³/mol. The van der Waals surface area contributed by atoms with Gasteiger partial charge in [-0.05, 0) is 19.8 Å². The van der Waals surface area contributed by atoms with E-state index in [-0.39, 0.29) is 5.60 Å². The molecule has 1 aliphatic carbocycles. The van der Waals surface area contributed by atoms with Crippen LogP contribution in [0.2, 0.25) is 0 Å². The van der Waals surface area contributed by atoms with Gasteiger partial charge in [-0.15, -0.1) is 0 Å². The first-order chi connectivity index (χ1) is 9.75. The molecule has 0 spiro atoms. The van der Waals surface area contributed by atoms with E-state index in [2.05, 4.69) is 17.2 Å². The summed E-state index contributed by atoms with van der Waals surface area (Å²) in [6.07, 6.45) is 6.81. The van der Waals surface area contributed by atoms with Gasteiger partial charge < -0.3 is 15.0 Å². The third kappa shape index (κ3) is 2.54. The molecule has 0 bridgehead atoms. The van der Waals surface area contributed by atoms with Gasteiger partial charge in [-0.1, -0.05) is 31.5 Å². The maximum absolute atomic E-state index is 6.15. The molecule has 110 valence electrons. The van der Waals surface area contributed by atoms with Gasteiger partial charge in [0, 0.05) is 37.4 Å². The minimum atomic E-state index is -0.236. The Morgan fingerprint density at radius 3 is 2.85 bits per heavy atom. The van der Waals surface area contributed by atoms with Crippen molar-refractivity contribution in [1.29, 1.82) is 0 Å². The minimum Gasteiger partial charge on any atom is -0.367 e. The van der Waals surface area contributed by atoms with E-state index >= 15 is 0 Å². The maximum Gasteiger partial charge on any atom is 0.140 e. The molecule has 0 unspecified atom stereocenters. The van der Waals surface area contributed by atoms with Crippen LogP contribution in [0.4, 0.5) is 0 Å². The molecule has 0 aromatic carbocycles. The number of ether oxygens (including phenoxy) is 1. The molecular weight excluding hydrogens is 270 g/mol. The SMILES string of the molecule is CCOC1(c2nc(=S)c3c([nH]2)CCNC3)CCCCC1. The molecule has 3 rings (SSSR count). The first kappa shape index (κ1) is 14.2. The fourth-order valence-corrected chi connectivity index (χ4v) is 3.72. The van der Waals surface area contributed by atoms with E-state index in [9.17, 15) is 0 Å². The molecule has 1 saturated carbocycles. The molecule has 2 aliphatic rings. The summed E-state index contributed by atoms with van der Waals surface area (Å²) in [5.74, 6) is 0.963. The van der Waals surface area contributed by atoms with Crippen LogP contribution in [0.1, 0.15) is 56.1 Å². The van der Waals surface area contributed by atoms with Crippen LogP contribution >= 0.6 is 12.2 Å². The average Bonchev–Trinajstić information content (AvgIpc) is 2.48. The molecule has 2 N–H and O–H groups in total.